The normalized spacial score (nSPS) is 11.6. The van der Waals surface area contributed by atoms with Gasteiger partial charge in [0.1, 0.15) is 0 Å². The Labute approximate surface area is 293 Å². The maximum absolute atomic E-state index is 5.21. The monoisotopic (exact) mass is 655 g/mol. The van der Waals surface area contributed by atoms with E-state index in [0.717, 1.165) is 39.3 Å². The second-order valence-electron chi connectivity index (χ2n) is 12.6. The molecular weight excluding hydrogens is 627 g/mol. The summed E-state index contributed by atoms with van der Waals surface area (Å²) in [6, 6.07) is 62.5. The summed E-state index contributed by atoms with van der Waals surface area (Å²) in [5, 5.41) is 5.01. The standard InChI is InChI=1S/C46H29N3S/c1-3-11-30(12-4-1)31-19-21-33(22-20-31)41-29-40(32-13-5-2-6-14-32)47-46(48-41)34-23-25-37-36-15-7-9-17-42(36)49(43(37)27-34)35-24-26-45-39(28-35)38-16-8-10-18-44(38)50-45/h1-29H. The average Bonchev–Trinajstić information content (AvgIpc) is 3.73. The van der Waals surface area contributed by atoms with Gasteiger partial charge in [-0.3, -0.25) is 0 Å². The quantitative estimate of drug-likeness (QED) is 0.185. The topological polar surface area (TPSA) is 30.7 Å². The van der Waals surface area contributed by atoms with Crippen LogP contribution in [0.25, 0.3) is 92.7 Å². The summed E-state index contributed by atoms with van der Waals surface area (Å²) in [4.78, 5) is 10.4. The second-order valence-corrected chi connectivity index (χ2v) is 13.7. The van der Waals surface area contributed by atoms with E-state index in [1.165, 1.54) is 47.6 Å². The average molecular weight is 656 g/mol. The molecule has 50 heavy (non-hydrogen) atoms. The van der Waals surface area contributed by atoms with Crippen LogP contribution in [-0.4, -0.2) is 14.5 Å². The Bertz CT molecular complexity index is 2850. The zero-order valence-electron chi connectivity index (χ0n) is 27.0. The molecule has 0 saturated heterocycles. The Morgan fingerprint density at radius 2 is 0.920 bits per heavy atom. The summed E-state index contributed by atoms with van der Waals surface area (Å²) in [6.07, 6.45) is 0. The Balaban J connectivity index is 1.16. The van der Waals surface area contributed by atoms with E-state index in [1.807, 2.05) is 23.5 Å². The van der Waals surface area contributed by atoms with Crippen molar-refractivity contribution in [3.05, 3.63) is 176 Å². The predicted molar refractivity (Wildman–Crippen MR) is 211 cm³/mol. The van der Waals surface area contributed by atoms with Gasteiger partial charge in [0, 0.05) is 53.3 Å². The maximum atomic E-state index is 5.21. The van der Waals surface area contributed by atoms with E-state index in [4.69, 9.17) is 9.97 Å². The van der Waals surface area contributed by atoms with E-state index in [0.29, 0.717) is 5.82 Å². The lowest BCUT2D eigenvalue weighted by Crippen LogP contribution is -1.97. The molecule has 0 radical (unpaired) electrons. The maximum Gasteiger partial charge on any atom is 0.160 e. The van der Waals surface area contributed by atoms with Crippen LogP contribution in [0.4, 0.5) is 0 Å². The van der Waals surface area contributed by atoms with Gasteiger partial charge >= 0.3 is 0 Å². The molecule has 0 saturated carbocycles. The summed E-state index contributed by atoms with van der Waals surface area (Å²) in [5.74, 6) is 0.700. The van der Waals surface area contributed by atoms with Crippen LogP contribution in [0.15, 0.2) is 176 Å². The van der Waals surface area contributed by atoms with Gasteiger partial charge in [-0.1, -0.05) is 133 Å². The van der Waals surface area contributed by atoms with Gasteiger partial charge in [0.15, 0.2) is 5.82 Å². The molecule has 234 valence electrons. The van der Waals surface area contributed by atoms with Gasteiger partial charge in [0.2, 0.25) is 0 Å². The Kier molecular flexibility index (Phi) is 6.68. The third kappa shape index (κ3) is 4.80. The fourth-order valence-corrected chi connectivity index (χ4v) is 8.27. The lowest BCUT2D eigenvalue weighted by atomic mass is 10.0. The first kappa shape index (κ1) is 28.6. The van der Waals surface area contributed by atoms with Gasteiger partial charge in [-0.25, -0.2) is 9.97 Å². The summed E-state index contributed by atoms with van der Waals surface area (Å²) in [6.45, 7) is 0. The predicted octanol–water partition coefficient (Wildman–Crippen LogP) is 12.6. The molecule has 3 aromatic heterocycles. The SMILES string of the molecule is c1ccc(-c2ccc(-c3cc(-c4ccccc4)nc(-c4ccc5c6ccccc6n(-c6ccc7sc8ccccc8c7c6)c5c4)n3)cc2)cc1. The fourth-order valence-electron chi connectivity index (χ4n) is 7.19. The molecule has 0 fully saturated rings. The van der Waals surface area contributed by atoms with Crippen molar-refractivity contribution in [3.63, 3.8) is 0 Å². The fraction of sp³-hybridized carbons (Fsp3) is 0. The van der Waals surface area contributed by atoms with Crippen molar-refractivity contribution in [2.75, 3.05) is 0 Å². The van der Waals surface area contributed by atoms with Gasteiger partial charge in [-0.05, 0) is 53.6 Å². The molecule has 3 nitrogen and oxygen atoms in total. The molecule has 0 aliphatic carbocycles. The highest BCUT2D eigenvalue weighted by atomic mass is 32.1. The molecule has 7 aromatic carbocycles. The minimum absolute atomic E-state index is 0.700. The van der Waals surface area contributed by atoms with Crippen molar-refractivity contribution in [2.24, 2.45) is 0 Å². The molecule has 10 aromatic rings. The highest BCUT2D eigenvalue weighted by Gasteiger charge is 2.17. The highest BCUT2D eigenvalue weighted by Crippen LogP contribution is 2.39. The van der Waals surface area contributed by atoms with E-state index < -0.39 is 0 Å². The van der Waals surface area contributed by atoms with Crippen LogP contribution < -0.4 is 0 Å². The van der Waals surface area contributed by atoms with Gasteiger partial charge in [0.25, 0.3) is 0 Å². The smallest absolute Gasteiger partial charge is 0.160 e. The summed E-state index contributed by atoms with van der Waals surface area (Å²) in [7, 11) is 0. The lowest BCUT2D eigenvalue weighted by Gasteiger charge is -2.12. The minimum atomic E-state index is 0.700. The molecule has 0 unspecified atom stereocenters. The molecule has 0 aliphatic rings. The minimum Gasteiger partial charge on any atom is -0.309 e. The highest BCUT2D eigenvalue weighted by molar-refractivity contribution is 7.25. The lowest BCUT2D eigenvalue weighted by molar-refractivity contribution is 1.17. The molecule has 10 rings (SSSR count). The van der Waals surface area contributed by atoms with E-state index in [2.05, 4.69) is 168 Å². The van der Waals surface area contributed by atoms with Crippen molar-refractivity contribution in [2.45, 2.75) is 0 Å². The molecule has 0 atom stereocenters. The van der Waals surface area contributed by atoms with Crippen molar-refractivity contribution >= 4 is 53.3 Å². The van der Waals surface area contributed by atoms with Crippen LogP contribution in [-0.2, 0) is 0 Å². The molecule has 0 N–H and O–H groups in total. The molecule has 3 heterocycles. The van der Waals surface area contributed by atoms with E-state index in [9.17, 15) is 0 Å². The van der Waals surface area contributed by atoms with Crippen molar-refractivity contribution in [1.29, 1.82) is 0 Å². The second kappa shape index (κ2) is 11.7. The zero-order chi connectivity index (χ0) is 33.0. The zero-order valence-corrected chi connectivity index (χ0v) is 27.8. The van der Waals surface area contributed by atoms with Crippen molar-refractivity contribution < 1.29 is 0 Å². The number of hydrogen-bond acceptors (Lipinski definition) is 3. The first-order chi connectivity index (χ1) is 24.8. The van der Waals surface area contributed by atoms with Gasteiger partial charge in [0.05, 0.1) is 22.4 Å². The summed E-state index contributed by atoms with van der Waals surface area (Å²) < 4.78 is 5.00. The van der Waals surface area contributed by atoms with Crippen LogP contribution >= 0.6 is 11.3 Å². The molecular formula is C46H29N3S. The third-order valence-corrected chi connectivity index (χ3v) is 10.8. The molecule has 0 spiro atoms. The van der Waals surface area contributed by atoms with Gasteiger partial charge in [-0.2, -0.15) is 0 Å². The number of para-hydroxylation sites is 1. The largest absolute Gasteiger partial charge is 0.309 e. The van der Waals surface area contributed by atoms with Crippen molar-refractivity contribution in [3.8, 4) is 50.7 Å². The number of hydrogen-bond donors (Lipinski definition) is 0. The Morgan fingerprint density at radius 1 is 0.360 bits per heavy atom. The van der Waals surface area contributed by atoms with Crippen LogP contribution in [0, 0.1) is 0 Å². The van der Waals surface area contributed by atoms with Crippen LogP contribution in [0.1, 0.15) is 0 Å². The number of thiophene rings is 1. The Hall–Kier alpha value is -6.36. The number of nitrogens with zero attached hydrogens (tertiary/aromatic N) is 3. The summed E-state index contributed by atoms with van der Waals surface area (Å²) in [5.41, 5.74) is 10.7. The van der Waals surface area contributed by atoms with E-state index in [-0.39, 0.29) is 0 Å². The van der Waals surface area contributed by atoms with Crippen molar-refractivity contribution in [1.82, 2.24) is 14.5 Å². The molecule has 0 amide bonds. The molecule has 4 heteroatoms. The summed E-state index contributed by atoms with van der Waals surface area (Å²) >= 11 is 1.85. The number of benzene rings is 7. The molecule has 0 aliphatic heterocycles. The number of fused-ring (bicyclic) bond motifs is 6. The van der Waals surface area contributed by atoms with Gasteiger partial charge < -0.3 is 4.57 Å². The van der Waals surface area contributed by atoms with E-state index >= 15 is 0 Å². The van der Waals surface area contributed by atoms with Crippen LogP contribution in [0.3, 0.4) is 0 Å². The van der Waals surface area contributed by atoms with Crippen LogP contribution in [0.2, 0.25) is 0 Å². The van der Waals surface area contributed by atoms with Crippen LogP contribution in [0.5, 0.6) is 0 Å². The first-order valence-corrected chi connectivity index (χ1v) is 17.6. The van der Waals surface area contributed by atoms with E-state index in [1.54, 1.807) is 0 Å². The Morgan fingerprint density at radius 3 is 1.70 bits per heavy atom. The first-order valence-electron chi connectivity index (χ1n) is 16.8. The van der Waals surface area contributed by atoms with Gasteiger partial charge in [-0.15, -0.1) is 11.3 Å². The molecule has 0 bridgehead atoms. The third-order valence-electron chi connectivity index (χ3n) is 9.63. The number of aromatic nitrogens is 3. The number of rotatable bonds is 5.